The molecular formula is C12H20N2O. The molecule has 1 aromatic rings. The van der Waals surface area contributed by atoms with Crippen LogP contribution in [-0.2, 0) is 6.54 Å². The maximum atomic E-state index is 5.37. The molecule has 0 aliphatic carbocycles. The van der Waals surface area contributed by atoms with Gasteiger partial charge in [-0.05, 0) is 38.1 Å². The Morgan fingerprint density at radius 2 is 2.53 bits per heavy atom. The summed E-state index contributed by atoms with van der Waals surface area (Å²) in [5, 5.41) is 3.52. The Morgan fingerprint density at radius 3 is 3.27 bits per heavy atom. The van der Waals surface area contributed by atoms with Crippen LogP contribution in [0, 0.1) is 0 Å². The molecule has 84 valence electrons. The molecule has 1 aromatic heterocycles. The Morgan fingerprint density at radius 1 is 1.60 bits per heavy atom. The topological polar surface area (TPSA) is 28.4 Å². The molecule has 1 aliphatic heterocycles. The van der Waals surface area contributed by atoms with E-state index >= 15 is 0 Å². The molecule has 2 rings (SSSR count). The molecule has 1 atom stereocenters. The van der Waals surface area contributed by atoms with Crippen molar-refractivity contribution in [1.29, 1.82) is 0 Å². The van der Waals surface area contributed by atoms with Crippen LogP contribution in [0.1, 0.15) is 25.5 Å². The van der Waals surface area contributed by atoms with E-state index in [9.17, 15) is 0 Å². The minimum atomic E-state index is 0.665. The highest BCUT2D eigenvalue weighted by molar-refractivity contribution is 4.98. The summed E-state index contributed by atoms with van der Waals surface area (Å²) < 4.78 is 5.37. The second-order valence-electron chi connectivity index (χ2n) is 4.21. The minimum Gasteiger partial charge on any atom is -0.468 e. The minimum absolute atomic E-state index is 0.665. The van der Waals surface area contributed by atoms with Gasteiger partial charge in [-0.1, -0.05) is 6.92 Å². The lowest BCUT2D eigenvalue weighted by molar-refractivity contribution is 0.173. The fourth-order valence-corrected chi connectivity index (χ4v) is 2.28. The van der Waals surface area contributed by atoms with Gasteiger partial charge >= 0.3 is 0 Å². The molecule has 2 heterocycles. The highest BCUT2D eigenvalue weighted by Gasteiger charge is 2.19. The number of hydrogen-bond donors (Lipinski definition) is 1. The van der Waals surface area contributed by atoms with E-state index < -0.39 is 0 Å². The standard InChI is InChI=1S/C12H20N2O/c1-2-13-11-5-3-7-14(9-11)10-12-6-4-8-15-12/h4,6,8,11,13H,2-3,5,7,9-10H2,1H3. The summed E-state index contributed by atoms with van der Waals surface area (Å²) in [6.45, 7) is 6.54. The molecule has 0 aromatic carbocycles. The van der Waals surface area contributed by atoms with Crippen LogP contribution < -0.4 is 5.32 Å². The SMILES string of the molecule is CCNC1CCCN(Cc2ccco2)C1. The monoisotopic (exact) mass is 208 g/mol. The van der Waals surface area contributed by atoms with Gasteiger partial charge in [0.1, 0.15) is 5.76 Å². The van der Waals surface area contributed by atoms with E-state index in [4.69, 9.17) is 4.42 Å². The van der Waals surface area contributed by atoms with Crippen molar-refractivity contribution in [2.24, 2.45) is 0 Å². The van der Waals surface area contributed by atoms with Crippen LogP contribution in [0.15, 0.2) is 22.8 Å². The summed E-state index contributed by atoms with van der Waals surface area (Å²) in [5.74, 6) is 1.08. The number of hydrogen-bond acceptors (Lipinski definition) is 3. The van der Waals surface area contributed by atoms with E-state index in [1.54, 1.807) is 6.26 Å². The van der Waals surface area contributed by atoms with Crippen LogP contribution >= 0.6 is 0 Å². The summed E-state index contributed by atoms with van der Waals surface area (Å²) in [7, 11) is 0. The molecule has 0 amide bonds. The van der Waals surface area contributed by atoms with Crippen molar-refractivity contribution >= 4 is 0 Å². The van der Waals surface area contributed by atoms with E-state index in [-0.39, 0.29) is 0 Å². The molecule has 1 fully saturated rings. The van der Waals surface area contributed by atoms with E-state index in [1.165, 1.54) is 19.4 Å². The van der Waals surface area contributed by atoms with E-state index in [0.717, 1.165) is 25.4 Å². The van der Waals surface area contributed by atoms with Crippen LogP contribution in [-0.4, -0.2) is 30.6 Å². The third-order valence-electron chi connectivity index (χ3n) is 2.96. The summed E-state index contributed by atoms with van der Waals surface area (Å²) in [5.41, 5.74) is 0. The molecule has 0 spiro atoms. The number of rotatable bonds is 4. The molecule has 3 heteroatoms. The molecule has 1 saturated heterocycles. The third-order valence-corrected chi connectivity index (χ3v) is 2.96. The lowest BCUT2D eigenvalue weighted by atomic mass is 10.1. The lowest BCUT2D eigenvalue weighted by Gasteiger charge is -2.32. The van der Waals surface area contributed by atoms with E-state index in [2.05, 4.69) is 23.2 Å². The largest absolute Gasteiger partial charge is 0.468 e. The van der Waals surface area contributed by atoms with Gasteiger partial charge in [0.25, 0.3) is 0 Å². The van der Waals surface area contributed by atoms with Gasteiger partial charge in [-0.15, -0.1) is 0 Å². The molecule has 15 heavy (non-hydrogen) atoms. The van der Waals surface area contributed by atoms with Gasteiger partial charge in [-0.3, -0.25) is 4.90 Å². The van der Waals surface area contributed by atoms with Crippen LogP contribution in [0.2, 0.25) is 0 Å². The molecule has 3 nitrogen and oxygen atoms in total. The first-order valence-electron chi connectivity index (χ1n) is 5.86. The Kier molecular flexibility index (Phi) is 3.80. The van der Waals surface area contributed by atoms with Crippen LogP contribution in [0.25, 0.3) is 0 Å². The number of nitrogens with one attached hydrogen (secondary N) is 1. The Labute approximate surface area is 91.4 Å². The predicted molar refractivity (Wildman–Crippen MR) is 60.7 cm³/mol. The van der Waals surface area contributed by atoms with Crippen molar-refractivity contribution < 1.29 is 4.42 Å². The predicted octanol–water partition coefficient (Wildman–Crippen LogP) is 1.85. The van der Waals surface area contributed by atoms with Gasteiger partial charge in [-0.25, -0.2) is 0 Å². The molecule has 1 unspecified atom stereocenters. The maximum Gasteiger partial charge on any atom is 0.117 e. The molecule has 0 radical (unpaired) electrons. The van der Waals surface area contributed by atoms with E-state index in [0.29, 0.717) is 6.04 Å². The summed E-state index contributed by atoms with van der Waals surface area (Å²) >= 11 is 0. The smallest absolute Gasteiger partial charge is 0.117 e. The first kappa shape index (κ1) is 10.7. The molecule has 0 saturated carbocycles. The quantitative estimate of drug-likeness (QED) is 0.818. The Bertz CT molecular complexity index is 269. The summed E-state index contributed by atoms with van der Waals surface area (Å²) in [4.78, 5) is 2.47. The third kappa shape index (κ3) is 3.08. The Balaban J connectivity index is 1.82. The van der Waals surface area contributed by atoms with Crippen molar-refractivity contribution in [1.82, 2.24) is 10.2 Å². The first-order chi connectivity index (χ1) is 7.38. The second kappa shape index (κ2) is 5.33. The molecule has 0 bridgehead atoms. The lowest BCUT2D eigenvalue weighted by Crippen LogP contribution is -2.45. The van der Waals surface area contributed by atoms with Crippen LogP contribution in [0.4, 0.5) is 0 Å². The van der Waals surface area contributed by atoms with Crippen molar-refractivity contribution in [3.63, 3.8) is 0 Å². The van der Waals surface area contributed by atoms with Crippen molar-refractivity contribution in [3.05, 3.63) is 24.2 Å². The molecular weight excluding hydrogens is 188 g/mol. The van der Waals surface area contributed by atoms with Crippen molar-refractivity contribution in [3.8, 4) is 0 Å². The zero-order valence-corrected chi connectivity index (χ0v) is 9.41. The first-order valence-corrected chi connectivity index (χ1v) is 5.86. The number of furan rings is 1. The van der Waals surface area contributed by atoms with Gasteiger partial charge in [0, 0.05) is 12.6 Å². The number of nitrogens with zero attached hydrogens (tertiary/aromatic N) is 1. The average Bonchev–Trinajstić information content (AvgIpc) is 2.71. The van der Waals surface area contributed by atoms with Crippen LogP contribution in [0.5, 0.6) is 0 Å². The zero-order valence-electron chi connectivity index (χ0n) is 9.41. The maximum absolute atomic E-state index is 5.37. The Hall–Kier alpha value is -0.800. The average molecular weight is 208 g/mol. The van der Waals surface area contributed by atoms with Gasteiger partial charge in [-0.2, -0.15) is 0 Å². The normalized spacial score (nSPS) is 23.1. The van der Waals surface area contributed by atoms with Gasteiger partial charge in [0.05, 0.1) is 12.8 Å². The highest BCUT2D eigenvalue weighted by Crippen LogP contribution is 2.13. The zero-order chi connectivity index (χ0) is 10.5. The summed E-state index contributed by atoms with van der Waals surface area (Å²) in [6, 6.07) is 4.68. The van der Waals surface area contributed by atoms with Crippen molar-refractivity contribution in [2.75, 3.05) is 19.6 Å². The summed E-state index contributed by atoms with van der Waals surface area (Å²) in [6.07, 6.45) is 4.35. The van der Waals surface area contributed by atoms with E-state index in [1.807, 2.05) is 6.07 Å². The highest BCUT2D eigenvalue weighted by atomic mass is 16.3. The number of likely N-dealkylation sites (N-methyl/N-ethyl adjacent to an activating group) is 1. The van der Waals surface area contributed by atoms with Crippen molar-refractivity contribution in [2.45, 2.75) is 32.4 Å². The second-order valence-corrected chi connectivity index (χ2v) is 4.21. The fourth-order valence-electron chi connectivity index (χ4n) is 2.28. The number of piperidine rings is 1. The van der Waals surface area contributed by atoms with Gasteiger partial charge < -0.3 is 9.73 Å². The molecule has 1 aliphatic rings. The fraction of sp³-hybridized carbons (Fsp3) is 0.667. The van der Waals surface area contributed by atoms with Crippen LogP contribution in [0.3, 0.4) is 0 Å². The van der Waals surface area contributed by atoms with Gasteiger partial charge in [0.2, 0.25) is 0 Å². The number of likely N-dealkylation sites (tertiary alicyclic amines) is 1. The van der Waals surface area contributed by atoms with Gasteiger partial charge in [0.15, 0.2) is 0 Å². The molecule has 1 N–H and O–H groups in total.